The first kappa shape index (κ1) is 20.4. The highest BCUT2D eigenvalue weighted by molar-refractivity contribution is 6.36. The third kappa shape index (κ3) is 7.27. The Balaban J connectivity index is 2.71. The number of benzene rings is 1. The summed E-state index contributed by atoms with van der Waals surface area (Å²) in [6.45, 7) is 7.02. The number of carbonyl (C=O) groups excluding carboxylic acids is 2. The third-order valence-corrected chi connectivity index (χ3v) is 3.19. The molecular formula is C16H22Cl2N2O4. The van der Waals surface area contributed by atoms with Crippen molar-refractivity contribution in [2.75, 3.05) is 13.2 Å². The lowest BCUT2D eigenvalue weighted by atomic mass is 10.3. The Labute approximate surface area is 151 Å². The van der Waals surface area contributed by atoms with Gasteiger partial charge in [-0.25, -0.2) is 0 Å². The molecule has 0 saturated carbocycles. The predicted molar refractivity (Wildman–Crippen MR) is 94.0 cm³/mol. The molecule has 24 heavy (non-hydrogen) atoms. The largest absolute Gasteiger partial charge is 0.482 e. The van der Waals surface area contributed by atoms with Crippen LogP contribution in [-0.2, 0) is 9.59 Å². The van der Waals surface area contributed by atoms with Gasteiger partial charge in [-0.05, 0) is 33.8 Å². The van der Waals surface area contributed by atoms with Gasteiger partial charge in [-0.15, -0.1) is 0 Å². The first-order valence-corrected chi connectivity index (χ1v) is 8.28. The van der Waals surface area contributed by atoms with Crippen molar-refractivity contribution in [2.45, 2.75) is 39.8 Å². The van der Waals surface area contributed by atoms with E-state index >= 15 is 0 Å². The van der Waals surface area contributed by atoms with Crippen LogP contribution in [0.5, 0.6) is 11.5 Å². The number of amides is 2. The summed E-state index contributed by atoms with van der Waals surface area (Å²) in [5.74, 6) is -0.0388. The molecular weight excluding hydrogens is 355 g/mol. The van der Waals surface area contributed by atoms with Crippen molar-refractivity contribution in [2.24, 2.45) is 0 Å². The fraction of sp³-hybridized carbons (Fsp3) is 0.500. The predicted octanol–water partition coefficient (Wildman–Crippen LogP) is 2.80. The molecule has 0 aliphatic heterocycles. The van der Waals surface area contributed by atoms with Crippen LogP contribution >= 0.6 is 23.2 Å². The fourth-order valence-corrected chi connectivity index (χ4v) is 2.24. The van der Waals surface area contributed by atoms with Crippen LogP contribution in [0, 0.1) is 0 Å². The van der Waals surface area contributed by atoms with E-state index in [4.69, 9.17) is 32.7 Å². The molecule has 0 heterocycles. The number of halogens is 2. The van der Waals surface area contributed by atoms with Gasteiger partial charge in [0.1, 0.15) is 11.5 Å². The third-order valence-electron chi connectivity index (χ3n) is 2.60. The van der Waals surface area contributed by atoms with Crippen molar-refractivity contribution in [3.63, 3.8) is 0 Å². The summed E-state index contributed by atoms with van der Waals surface area (Å²) in [6.07, 6.45) is 0. The topological polar surface area (TPSA) is 76.7 Å². The fourth-order valence-electron chi connectivity index (χ4n) is 1.75. The van der Waals surface area contributed by atoms with Crippen LogP contribution in [0.3, 0.4) is 0 Å². The quantitative estimate of drug-likeness (QED) is 0.731. The van der Waals surface area contributed by atoms with Gasteiger partial charge in [-0.2, -0.15) is 0 Å². The van der Waals surface area contributed by atoms with Gasteiger partial charge in [0, 0.05) is 18.2 Å². The van der Waals surface area contributed by atoms with E-state index in [0.29, 0.717) is 0 Å². The SMILES string of the molecule is CC(C)NC(=O)COc1cc(OCC(=O)NC(C)C)c(Cl)cc1Cl. The van der Waals surface area contributed by atoms with Crippen LogP contribution in [0.1, 0.15) is 27.7 Å². The summed E-state index contributed by atoms with van der Waals surface area (Å²) >= 11 is 12.1. The van der Waals surface area contributed by atoms with Crippen molar-refractivity contribution >= 4 is 35.0 Å². The summed E-state index contributed by atoms with van der Waals surface area (Å²) < 4.78 is 10.8. The smallest absolute Gasteiger partial charge is 0.258 e. The first-order valence-electron chi connectivity index (χ1n) is 7.52. The number of hydrogen-bond acceptors (Lipinski definition) is 4. The van der Waals surface area contributed by atoms with Crippen molar-refractivity contribution < 1.29 is 19.1 Å². The maximum atomic E-state index is 11.6. The standard InChI is InChI=1S/C16H22Cl2N2O4/c1-9(2)19-15(21)7-23-13-6-14(12(18)5-11(13)17)24-8-16(22)20-10(3)4/h5-6,9-10H,7-8H2,1-4H3,(H,19,21)(H,20,22). The van der Waals surface area contributed by atoms with Crippen LogP contribution in [0.15, 0.2) is 12.1 Å². The van der Waals surface area contributed by atoms with E-state index in [0.717, 1.165) is 0 Å². The summed E-state index contributed by atoms with van der Waals surface area (Å²) in [5.41, 5.74) is 0. The molecule has 1 aromatic rings. The number of ether oxygens (including phenoxy) is 2. The molecule has 8 heteroatoms. The van der Waals surface area contributed by atoms with E-state index < -0.39 is 0 Å². The highest BCUT2D eigenvalue weighted by Crippen LogP contribution is 2.35. The molecule has 0 saturated heterocycles. The van der Waals surface area contributed by atoms with Gasteiger partial charge in [-0.1, -0.05) is 23.2 Å². The van der Waals surface area contributed by atoms with Crippen LogP contribution in [-0.4, -0.2) is 37.1 Å². The molecule has 0 bridgehead atoms. The number of nitrogens with one attached hydrogen (secondary N) is 2. The summed E-state index contributed by atoms with van der Waals surface area (Å²) in [5, 5.41) is 5.89. The van der Waals surface area contributed by atoms with Crippen LogP contribution in [0.2, 0.25) is 10.0 Å². The zero-order valence-electron chi connectivity index (χ0n) is 14.1. The van der Waals surface area contributed by atoms with E-state index in [1.807, 2.05) is 27.7 Å². The maximum absolute atomic E-state index is 11.6. The average molecular weight is 377 g/mol. The normalized spacial score (nSPS) is 10.7. The Morgan fingerprint density at radius 3 is 1.58 bits per heavy atom. The second-order valence-electron chi connectivity index (χ2n) is 5.73. The molecule has 0 aliphatic rings. The van der Waals surface area contributed by atoms with Gasteiger partial charge >= 0.3 is 0 Å². The molecule has 0 unspecified atom stereocenters. The van der Waals surface area contributed by atoms with Gasteiger partial charge in [0.15, 0.2) is 13.2 Å². The molecule has 0 radical (unpaired) electrons. The minimum Gasteiger partial charge on any atom is -0.482 e. The monoisotopic (exact) mass is 376 g/mol. The van der Waals surface area contributed by atoms with E-state index in [9.17, 15) is 9.59 Å². The van der Waals surface area contributed by atoms with Gasteiger partial charge in [-0.3, -0.25) is 9.59 Å². The molecule has 0 fully saturated rings. The molecule has 0 spiro atoms. The molecule has 0 aliphatic carbocycles. The zero-order valence-corrected chi connectivity index (χ0v) is 15.6. The number of carbonyl (C=O) groups is 2. The van der Waals surface area contributed by atoms with Crippen LogP contribution < -0.4 is 20.1 Å². The van der Waals surface area contributed by atoms with Crippen LogP contribution in [0.25, 0.3) is 0 Å². The van der Waals surface area contributed by atoms with Gasteiger partial charge in [0.25, 0.3) is 11.8 Å². The number of rotatable bonds is 8. The van der Waals surface area contributed by atoms with E-state index in [1.165, 1.54) is 12.1 Å². The highest BCUT2D eigenvalue weighted by atomic mass is 35.5. The van der Waals surface area contributed by atoms with Crippen molar-refractivity contribution in [3.8, 4) is 11.5 Å². The lowest BCUT2D eigenvalue weighted by Gasteiger charge is -2.14. The Hall–Kier alpha value is -1.66. The van der Waals surface area contributed by atoms with E-state index in [-0.39, 0.29) is 58.7 Å². The van der Waals surface area contributed by atoms with Crippen molar-refractivity contribution in [3.05, 3.63) is 22.2 Å². The first-order chi connectivity index (χ1) is 11.2. The Kier molecular flexibility index (Phi) is 8.15. The average Bonchev–Trinajstić information content (AvgIpc) is 2.43. The Morgan fingerprint density at radius 1 is 0.875 bits per heavy atom. The molecule has 1 aromatic carbocycles. The summed E-state index contributed by atoms with van der Waals surface area (Å²) in [4.78, 5) is 23.2. The summed E-state index contributed by atoms with van der Waals surface area (Å²) in [6, 6.07) is 2.92. The maximum Gasteiger partial charge on any atom is 0.258 e. The molecule has 1 rings (SSSR count). The Morgan fingerprint density at radius 2 is 1.25 bits per heavy atom. The van der Waals surface area contributed by atoms with Crippen molar-refractivity contribution in [1.29, 1.82) is 0 Å². The number of hydrogen-bond donors (Lipinski definition) is 2. The molecule has 2 N–H and O–H groups in total. The van der Waals surface area contributed by atoms with Crippen LogP contribution in [0.4, 0.5) is 0 Å². The van der Waals surface area contributed by atoms with Crippen molar-refractivity contribution in [1.82, 2.24) is 10.6 Å². The lowest BCUT2D eigenvalue weighted by molar-refractivity contribution is -0.124. The molecule has 134 valence electrons. The lowest BCUT2D eigenvalue weighted by Crippen LogP contribution is -2.34. The second-order valence-corrected chi connectivity index (χ2v) is 6.55. The minimum absolute atomic E-state index is 0.0140. The van der Waals surface area contributed by atoms with E-state index in [2.05, 4.69) is 10.6 Å². The van der Waals surface area contributed by atoms with Gasteiger partial charge in [0.05, 0.1) is 10.0 Å². The molecule has 0 aromatic heterocycles. The van der Waals surface area contributed by atoms with Gasteiger partial charge in [0.2, 0.25) is 0 Å². The Bertz CT molecular complexity index is 544. The highest BCUT2D eigenvalue weighted by Gasteiger charge is 2.13. The molecule has 0 atom stereocenters. The second kappa shape index (κ2) is 9.59. The molecule has 2 amide bonds. The zero-order chi connectivity index (χ0) is 18.3. The minimum atomic E-state index is -0.269. The van der Waals surface area contributed by atoms with E-state index in [1.54, 1.807) is 0 Å². The van der Waals surface area contributed by atoms with Gasteiger partial charge < -0.3 is 20.1 Å². The summed E-state index contributed by atoms with van der Waals surface area (Å²) in [7, 11) is 0. The molecule has 6 nitrogen and oxygen atoms in total.